The number of amides is 1. The van der Waals surface area contributed by atoms with Gasteiger partial charge in [0.25, 0.3) is 0 Å². The van der Waals surface area contributed by atoms with Gasteiger partial charge in [0.2, 0.25) is 11.0 Å². The molecule has 21 heavy (non-hydrogen) atoms. The Bertz CT molecular complexity index is 497. The average Bonchev–Trinajstić information content (AvgIpc) is 3.15. The Kier molecular flexibility index (Phi) is 4.40. The van der Waals surface area contributed by atoms with Crippen LogP contribution in [0.5, 0.6) is 0 Å². The molecular formula is C14H23N5OS. The van der Waals surface area contributed by atoms with Gasteiger partial charge >= 0.3 is 0 Å². The van der Waals surface area contributed by atoms with E-state index >= 15 is 0 Å². The Balaban J connectivity index is 1.56. The number of aromatic nitrogens is 2. The van der Waals surface area contributed by atoms with Gasteiger partial charge in [0.15, 0.2) is 0 Å². The fourth-order valence-corrected chi connectivity index (χ4v) is 3.87. The summed E-state index contributed by atoms with van der Waals surface area (Å²) in [4.78, 5) is 23.5. The van der Waals surface area contributed by atoms with Gasteiger partial charge in [-0.25, -0.2) is 4.98 Å². The quantitative estimate of drug-likeness (QED) is 0.828. The number of likely N-dealkylation sites (N-methyl/N-ethyl adjacent to an activating group) is 1. The summed E-state index contributed by atoms with van der Waals surface area (Å²) in [5.74, 6) is 1.22. The maximum Gasteiger partial charge on any atom is 0.240 e. The van der Waals surface area contributed by atoms with Crippen LogP contribution in [-0.2, 0) is 11.2 Å². The molecule has 0 saturated carbocycles. The van der Waals surface area contributed by atoms with Gasteiger partial charge in [-0.2, -0.15) is 4.37 Å². The smallest absolute Gasteiger partial charge is 0.240 e. The maximum atomic E-state index is 12.5. The standard InChI is InChI=1S/C14H23N5OS/c1-3-12-15-14(21-16-12)19-9-7-18(8-10-19)13(20)11-5-4-6-17(11)2/h11H,3-10H2,1-2H3. The number of aryl methyl sites for hydroxylation is 1. The first-order valence-electron chi connectivity index (χ1n) is 7.75. The van der Waals surface area contributed by atoms with Crippen LogP contribution in [0.1, 0.15) is 25.6 Å². The molecule has 6 nitrogen and oxygen atoms in total. The summed E-state index contributed by atoms with van der Waals surface area (Å²) in [7, 11) is 2.05. The monoisotopic (exact) mass is 309 g/mol. The number of rotatable bonds is 3. The molecule has 1 aromatic heterocycles. The zero-order valence-corrected chi connectivity index (χ0v) is 13.6. The largest absolute Gasteiger partial charge is 0.343 e. The molecule has 116 valence electrons. The third kappa shape index (κ3) is 3.03. The fourth-order valence-electron chi connectivity index (χ4n) is 3.07. The van der Waals surface area contributed by atoms with E-state index in [0.29, 0.717) is 5.91 Å². The first kappa shape index (κ1) is 14.7. The Morgan fingerprint density at radius 2 is 2.05 bits per heavy atom. The van der Waals surface area contributed by atoms with Gasteiger partial charge < -0.3 is 9.80 Å². The number of likely N-dealkylation sites (tertiary alicyclic amines) is 1. The summed E-state index contributed by atoms with van der Waals surface area (Å²) >= 11 is 1.47. The molecule has 2 aliphatic rings. The molecule has 1 aromatic rings. The Labute approximate surface area is 129 Å². The van der Waals surface area contributed by atoms with Crippen molar-refractivity contribution in [1.82, 2.24) is 19.2 Å². The molecule has 1 atom stereocenters. The highest BCUT2D eigenvalue weighted by Gasteiger charge is 2.33. The van der Waals surface area contributed by atoms with Gasteiger partial charge in [-0.15, -0.1) is 0 Å². The second kappa shape index (κ2) is 6.27. The molecule has 3 rings (SSSR count). The molecule has 0 aromatic carbocycles. The summed E-state index contributed by atoms with van der Waals surface area (Å²) in [6, 6.07) is 0.102. The van der Waals surface area contributed by atoms with Crippen LogP contribution >= 0.6 is 11.5 Å². The van der Waals surface area contributed by atoms with Crippen molar-refractivity contribution in [3.8, 4) is 0 Å². The second-order valence-electron chi connectivity index (χ2n) is 5.80. The van der Waals surface area contributed by atoms with E-state index in [9.17, 15) is 4.79 Å². The van der Waals surface area contributed by atoms with Gasteiger partial charge in [-0.05, 0) is 26.4 Å². The van der Waals surface area contributed by atoms with Crippen LogP contribution in [-0.4, -0.2) is 70.9 Å². The molecule has 1 amide bonds. The Morgan fingerprint density at radius 1 is 1.29 bits per heavy atom. The summed E-state index contributed by atoms with van der Waals surface area (Å²) in [5.41, 5.74) is 0. The summed E-state index contributed by atoms with van der Waals surface area (Å²) in [5, 5.41) is 0.997. The number of hydrogen-bond donors (Lipinski definition) is 0. The van der Waals surface area contributed by atoms with Gasteiger partial charge in [0, 0.05) is 44.1 Å². The third-order valence-electron chi connectivity index (χ3n) is 4.44. The van der Waals surface area contributed by atoms with E-state index in [2.05, 4.69) is 33.1 Å². The minimum absolute atomic E-state index is 0.102. The van der Waals surface area contributed by atoms with E-state index in [1.165, 1.54) is 11.5 Å². The highest BCUT2D eigenvalue weighted by atomic mass is 32.1. The van der Waals surface area contributed by atoms with Crippen LogP contribution in [0.3, 0.4) is 0 Å². The van der Waals surface area contributed by atoms with Crippen molar-refractivity contribution < 1.29 is 4.79 Å². The highest BCUT2D eigenvalue weighted by Crippen LogP contribution is 2.21. The van der Waals surface area contributed by atoms with Gasteiger partial charge in [0.1, 0.15) is 5.82 Å². The zero-order chi connectivity index (χ0) is 14.8. The fraction of sp³-hybridized carbons (Fsp3) is 0.786. The minimum atomic E-state index is 0.102. The number of carbonyl (C=O) groups excluding carboxylic acids is 1. The van der Waals surface area contributed by atoms with E-state index in [1.54, 1.807) is 0 Å². The molecule has 1 unspecified atom stereocenters. The molecule has 2 saturated heterocycles. The number of carbonyl (C=O) groups is 1. The number of nitrogens with zero attached hydrogens (tertiary/aromatic N) is 5. The Morgan fingerprint density at radius 3 is 2.62 bits per heavy atom. The second-order valence-corrected chi connectivity index (χ2v) is 6.53. The summed E-state index contributed by atoms with van der Waals surface area (Å²) in [6.45, 7) is 6.43. The lowest BCUT2D eigenvalue weighted by molar-refractivity contribution is -0.135. The first-order valence-corrected chi connectivity index (χ1v) is 8.53. The lowest BCUT2D eigenvalue weighted by atomic mass is 10.2. The van der Waals surface area contributed by atoms with Crippen molar-refractivity contribution in [2.75, 3.05) is 44.7 Å². The van der Waals surface area contributed by atoms with Crippen molar-refractivity contribution in [3.05, 3.63) is 5.82 Å². The topological polar surface area (TPSA) is 52.6 Å². The normalized spacial score (nSPS) is 23.8. The molecule has 7 heteroatoms. The van der Waals surface area contributed by atoms with Crippen LogP contribution in [0.2, 0.25) is 0 Å². The predicted octanol–water partition coefficient (Wildman–Crippen LogP) is 0.843. The molecule has 0 radical (unpaired) electrons. The third-order valence-corrected chi connectivity index (χ3v) is 5.26. The van der Waals surface area contributed by atoms with E-state index in [1.807, 2.05) is 4.90 Å². The first-order chi connectivity index (χ1) is 10.2. The summed E-state index contributed by atoms with van der Waals surface area (Å²) in [6.07, 6.45) is 3.02. The van der Waals surface area contributed by atoms with Crippen LogP contribution < -0.4 is 4.90 Å². The molecule has 2 fully saturated rings. The van der Waals surface area contributed by atoms with Gasteiger partial charge in [0.05, 0.1) is 6.04 Å². The van der Waals surface area contributed by atoms with Crippen molar-refractivity contribution in [2.45, 2.75) is 32.2 Å². The number of piperazine rings is 1. The predicted molar refractivity (Wildman–Crippen MR) is 83.7 cm³/mol. The molecule has 0 aliphatic carbocycles. The molecule has 0 spiro atoms. The van der Waals surface area contributed by atoms with E-state index in [0.717, 1.165) is 62.9 Å². The van der Waals surface area contributed by atoms with E-state index < -0.39 is 0 Å². The molecular weight excluding hydrogens is 286 g/mol. The SMILES string of the molecule is CCc1nsc(N2CCN(C(=O)C3CCCN3C)CC2)n1. The van der Waals surface area contributed by atoms with Crippen molar-refractivity contribution in [1.29, 1.82) is 0 Å². The lowest BCUT2D eigenvalue weighted by Gasteiger charge is -2.36. The van der Waals surface area contributed by atoms with Gasteiger partial charge in [-0.3, -0.25) is 9.69 Å². The lowest BCUT2D eigenvalue weighted by Crippen LogP contribution is -2.53. The average molecular weight is 309 g/mol. The molecule has 3 heterocycles. The molecule has 2 aliphatic heterocycles. The number of hydrogen-bond acceptors (Lipinski definition) is 6. The van der Waals surface area contributed by atoms with Crippen LogP contribution in [0.15, 0.2) is 0 Å². The minimum Gasteiger partial charge on any atom is -0.343 e. The van der Waals surface area contributed by atoms with Crippen LogP contribution in [0.4, 0.5) is 5.13 Å². The Hall–Kier alpha value is -1.21. The van der Waals surface area contributed by atoms with E-state index in [-0.39, 0.29) is 6.04 Å². The number of anilines is 1. The summed E-state index contributed by atoms with van der Waals surface area (Å²) < 4.78 is 4.34. The maximum absolute atomic E-state index is 12.5. The van der Waals surface area contributed by atoms with Crippen molar-refractivity contribution >= 4 is 22.6 Å². The van der Waals surface area contributed by atoms with Crippen LogP contribution in [0, 0.1) is 0 Å². The van der Waals surface area contributed by atoms with Crippen molar-refractivity contribution in [2.24, 2.45) is 0 Å². The van der Waals surface area contributed by atoms with Crippen molar-refractivity contribution in [3.63, 3.8) is 0 Å². The molecule has 0 N–H and O–H groups in total. The zero-order valence-electron chi connectivity index (χ0n) is 12.8. The van der Waals surface area contributed by atoms with Crippen LogP contribution in [0.25, 0.3) is 0 Å². The highest BCUT2D eigenvalue weighted by molar-refractivity contribution is 7.09. The van der Waals surface area contributed by atoms with E-state index in [4.69, 9.17) is 0 Å². The van der Waals surface area contributed by atoms with Gasteiger partial charge in [-0.1, -0.05) is 6.92 Å². The molecule has 0 bridgehead atoms.